The van der Waals surface area contributed by atoms with Gasteiger partial charge in [-0.05, 0) is 87.9 Å². The molecule has 1 heterocycles. The van der Waals surface area contributed by atoms with Gasteiger partial charge < -0.3 is 9.64 Å². The van der Waals surface area contributed by atoms with Crippen molar-refractivity contribution < 1.29 is 9.53 Å². The normalized spacial score (nSPS) is 28.6. The second-order valence-corrected chi connectivity index (χ2v) is 11.4. The molecule has 0 spiro atoms. The highest BCUT2D eigenvalue weighted by Gasteiger charge is 2.56. The van der Waals surface area contributed by atoms with Crippen LogP contribution in [-0.2, 0) is 4.79 Å². The van der Waals surface area contributed by atoms with Crippen LogP contribution in [0.3, 0.4) is 0 Å². The second kappa shape index (κ2) is 8.60. The molecule has 5 nitrogen and oxygen atoms in total. The van der Waals surface area contributed by atoms with E-state index < -0.39 is 0 Å². The summed E-state index contributed by atoms with van der Waals surface area (Å²) in [7, 11) is 1.70. The van der Waals surface area contributed by atoms with E-state index in [4.69, 9.17) is 9.72 Å². The number of thiazole rings is 1. The Morgan fingerprint density at radius 1 is 1.09 bits per heavy atom. The average molecular weight is 456 g/mol. The predicted molar refractivity (Wildman–Crippen MR) is 132 cm³/mol. The lowest BCUT2D eigenvalue weighted by molar-refractivity contribution is -0.143. The van der Waals surface area contributed by atoms with Crippen molar-refractivity contribution in [3.05, 3.63) is 17.7 Å². The van der Waals surface area contributed by atoms with E-state index in [-0.39, 0.29) is 5.41 Å². The molecular weight excluding hydrogens is 418 g/mol. The molecule has 0 saturated heterocycles. The Balaban J connectivity index is 1.52. The molecule has 4 bridgehead atoms. The molecule has 0 radical (unpaired) electrons. The van der Waals surface area contributed by atoms with E-state index in [2.05, 4.69) is 36.6 Å². The number of carbonyl (C=O) groups is 1. The molecule has 32 heavy (non-hydrogen) atoms. The molecule has 174 valence electrons. The van der Waals surface area contributed by atoms with Crippen LogP contribution < -0.4 is 9.64 Å². The highest BCUT2D eigenvalue weighted by molar-refractivity contribution is 7.22. The number of hydrogen-bond donors (Lipinski definition) is 0. The van der Waals surface area contributed by atoms with E-state index in [0.29, 0.717) is 12.5 Å². The summed E-state index contributed by atoms with van der Waals surface area (Å²) >= 11 is 1.66. The van der Waals surface area contributed by atoms with Crippen LogP contribution in [0.1, 0.15) is 57.9 Å². The van der Waals surface area contributed by atoms with E-state index in [0.717, 1.165) is 77.7 Å². The number of carbonyl (C=O) groups excluding carboxylic acids is 1. The van der Waals surface area contributed by atoms with Gasteiger partial charge in [-0.2, -0.15) is 0 Å². The largest absolute Gasteiger partial charge is 0.494 e. The molecule has 0 aliphatic heterocycles. The van der Waals surface area contributed by atoms with Gasteiger partial charge in [-0.25, -0.2) is 4.98 Å². The van der Waals surface area contributed by atoms with Crippen molar-refractivity contribution in [2.45, 2.75) is 59.3 Å². The molecule has 1 amide bonds. The lowest BCUT2D eigenvalue weighted by atomic mass is 9.49. The van der Waals surface area contributed by atoms with Crippen molar-refractivity contribution >= 4 is 32.6 Å². The fourth-order valence-electron chi connectivity index (χ4n) is 7.10. The maximum atomic E-state index is 14.3. The molecule has 6 heteroatoms. The third-order valence-corrected chi connectivity index (χ3v) is 9.63. The van der Waals surface area contributed by atoms with Gasteiger partial charge in [0.2, 0.25) is 5.91 Å². The van der Waals surface area contributed by atoms with Crippen LogP contribution in [-0.4, -0.2) is 49.1 Å². The number of anilines is 1. The van der Waals surface area contributed by atoms with Gasteiger partial charge in [-0.15, -0.1) is 0 Å². The molecule has 1 aromatic carbocycles. The summed E-state index contributed by atoms with van der Waals surface area (Å²) < 4.78 is 6.73. The van der Waals surface area contributed by atoms with Crippen molar-refractivity contribution in [2.75, 3.05) is 38.2 Å². The van der Waals surface area contributed by atoms with Crippen LogP contribution in [0, 0.1) is 30.1 Å². The Kier molecular flexibility index (Phi) is 5.95. The molecule has 0 atom stereocenters. The van der Waals surface area contributed by atoms with Crippen molar-refractivity contribution in [2.24, 2.45) is 23.2 Å². The second-order valence-electron chi connectivity index (χ2n) is 10.4. The van der Waals surface area contributed by atoms with Crippen molar-refractivity contribution in [3.8, 4) is 5.75 Å². The van der Waals surface area contributed by atoms with Gasteiger partial charge in [-0.1, -0.05) is 31.3 Å². The summed E-state index contributed by atoms with van der Waals surface area (Å²) in [5.41, 5.74) is 1.92. The first-order valence-corrected chi connectivity index (χ1v) is 13.3. The number of fused-ring (bicyclic) bond motifs is 1. The molecule has 0 unspecified atom stereocenters. The smallest absolute Gasteiger partial charge is 0.235 e. The summed E-state index contributed by atoms with van der Waals surface area (Å²) in [5, 5.41) is 0.848. The summed E-state index contributed by atoms with van der Waals surface area (Å²) in [6, 6.07) is 4.08. The number of likely N-dealkylation sites (N-methyl/N-ethyl adjacent to an activating group) is 1. The van der Waals surface area contributed by atoms with Crippen LogP contribution in [0.4, 0.5) is 5.13 Å². The molecule has 4 saturated carbocycles. The number of aromatic nitrogens is 1. The standard InChI is InChI=1S/C26H37N3O2S/c1-5-28(6-2)9-10-29(25-27-22-21(31-4)8-7-17(3)23(22)32-25)24(30)26-14-18-11-19(15-26)13-20(12-18)16-26/h7-8,18-20H,5-6,9-16H2,1-4H3. The highest BCUT2D eigenvalue weighted by atomic mass is 32.1. The van der Waals surface area contributed by atoms with Crippen LogP contribution in [0.25, 0.3) is 10.2 Å². The quantitative estimate of drug-likeness (QED) is 0.527. The first-order valence-electron chi connectivity index (χ1n) is 12.4. The van der Waals surface area contributed by atoms with Gasteiger partial charge in [0.1, 0.15) is 11.3 Å². The monoisotopic (exact) mass is 455 g/mol. The number of aryl methyl sites for hydroxylation is 1. The van der Waals surface area contributed by atoms with Gasteiger partial charge in [0.05, 0.1) is 17.2 Å². The Hall–Kier alpha value is -1.66. The van der Waals surface area contributed by atoms with Crippen molar-refractivity contribution in [1.82, 2.24) is 9.88 Å². The predicted octanol–water partition coefficient (Wildman–Crippen LogP) is 5.50. The van der Waals surface area contributed by atoms with Gasteiger partial charge in [0.25, 0.3) is 0 Å². The Morgan fingerprint density at radius 2 is 1.72 bits per heavy atom. The number of benzene rings is 1. The lowest BCUT2D eigenvalue weighted by Gasteiger charge is -2.56. The fraction of sp³-hybridized carbons (Fsp3) is 0.692. The zero-order valence-corrected chi connectivity index (χ0v) is 20.8. The van der Waals surface area contributed by atoms with Crippen molar-refractivity contribution in [3.63, 3.8) is 0 Å². The van der Waals surface area contributed by atoms with E-state index in [1.165, 1.54) is 24.8 Å². The van der Waals surface area contributed by atoms with Gasteiger partial charge >= 0.3 is 0 Å². The first kappa shape index (κ1) is 22.1. The summed E-state index contributed by atoms with van der Waals surface area (Å²) in [4.78, 5) is 23.8. The SMILES string of the molecule is CCN(CC)CCN(C(=O)C12CC3CC(CC(C3)C1)C2)c1nc2c(OC)ccc(C)c2s1. The Labute approximate surface area is 196 Å². The van der Waals surface area contributed by atoms with Gasteiger partial charge in [0, 0.05) is 13.1 Å². The maximum Gasteiger partial charge on any atom is 0.235 e. The minimum absolute atomic E-state index is 0.158. The molecule has 2 aromatic rings. The van der Waals surface area contributed by atoms with Crippen molar-refractivity contribution in [1.29, 1.82) is 0 Å². The minimum atomic E-state index is -0.158. The number of rotatable bonds is 8. The average Bonchev–Trinajstić information content (AvgIpc) is 3.22. The van der Waals surface area contributed by atoms with E-state index in [1.54, 1.807) is 18.4 Å². The minimum Gasteiger partial charge on any atom is -0.494 e. The number of amides is 1. The molecule has 0 N–H and O–H groups in total. The molecule has 1 aromatic heterocycles. The number of nitrogens with zero attached hydrogens (tertiary/aromatic N) is 3. The summed E-state index contributed by atoms with van der Waals surface area (Å²) in [5.74, 6) is 3.41. The van der Waals surface area contributed by atoms with Crippen LogP contribution in [0.5, 0.6) is 5.75 Å². The van der Waals surface area contributed by atoms with E-state index >= 15 is 0 Å². The molecule has 4 aliphatic rings. The Morgan fingerprint density at radius 3 is 2.28 bits per heavy atom. The van der Waals surface area contributed by atoms with Gasteiger partial charge in [-0.3, -0.25) is 9.69 Å². The zero-order valence-electron chi connectivity index (χ0n) is 20.0. The lowest BCUT2D eigenvalue weighted by Crippen LogP contribution is -2.55. The van der Waals surface area contributed by atoms with Gasteiger partial charge in [0.15, 0.2) is 5.13 Å². The summed E-state index contributed by atoms with van der Waals surface area (Å²) in [6.07, 6.45) is 7.32. The Bertz CT molecular complexity index is 961. The third kappa shape index (κ3) is 3.73. The number of methoxy groups -OCH3 is 1. The highest BCUT2D eigenvalue weighted by Crippen LogP contribution is 2.60. The molecule has 4 aliphatic carbocycles. The zero-order chi connectivity index (χ0) is 22.5. The molecule has 6 rings (SSSR count). The third-order valence-electron chi connectivity index (χ3n) is 8.41. The van der Waals surface area contributed by atoms with E-state index in [9.17, 15) is 4.79 Å². The number of ether oxygens (including phenoxy) is 1. The van der Waals surface area contributed by atoms with E-state index in [1.807, 2.05) is 6.07 Å². The fourth-order valence-corrected chi connectivity index (χ4v) is 8.18. The van der Waals surface area contributed by atoms with Crippen LogP contribution >= 0.6 is 11.3 Å². The van der Waals surface area contributed by atoms with Crippen LogP contribution in [0.15, 0.2) is 12.1 Å². The molecular formula is C26H37N3O2S. The van der Waals surface area contributed by atoms with Crippen LogP contribution in [0.2, 0.25) is 0 Å². The molecule has 4 fully saturated rings. The summed E-state index contributed by atoms with van der Waals surface area (Å²) in [6.45, 7) is 10.1. The maximum absolute atomic E-state index is 14.3. The number of hydrogen-bond acceptors (Lipinski definition) is 5. The topological polar surface area (TPSA) is 45.7 Å². The first-order chi connectivity index (χ1) is 15.5.